The number of hydrogen-bond acceptors (Lipinski definition) is 1. The van der Waals surface area contributed by atoms with Gasteiger partial charge < -0.3 is 5.11 Å². The van der Waals surface area contributed by atoms with E-state index in [1.54, 1.807) is 0 Å². The largest absolute Gasteiger partial charge is 0.392 e. The Morgan fingerprint density at radius 1 is 1.29 bits per heavy atom. The van der Waals surface area contributed by atoms with E-state index in [2.05, 4.69) is 46.8 Å². The average Bonchev–Trinajstić information content (AvgIpc) is 2.01. The molecular formula is C13H24O. The van der Waals surface area contributed by atoms with Gasteiger partial charge in [0.2, 0.25) is 0 Å². The summed E-state index contributed by atoms with van der Waals surface area (Å²) in [5.74, 6) is 1.53. The third kappa shape index (κ3) is 2.38. The van der Waals surface area contributed by atoms with Crippen LogP contribution < -0.4 is 0 Å². The summed E-state index contributed by atoms with van der Waals surface area (Å²) in [7, 11) is 0. The van der Waals surface area contributed by atoms with Crippen LogP contribution in [-0.4, -0.2) is 11.2 Å². The third-order valence-electron chi connectivity index (χ3n) is 3.46. The fraction of sp³-hybridized carbons (Fsp3) is 0.846. The zero-order valence-electron chi connectivity index (χ0n) is 10.1. The maximum absolute atomic E-state index is 10.3. The third-order valence-corrected chi connectivity index (χ3v) is 3.46. The van der Waals surface area contributed by atoms with Crippen molar-refractivity contribution in [3.05, 3.63) is 12.2 Å². The first-order chi connectivity index (χ1) is 6.34. The summed E-state index contributed by atoms with van der Waals surface area (Å²) >= 11 is 0. The zero-order chi connectivity index (χ0) is 10.9. The van der Waals surface area contributed by atoms with Crippen molar-refractivity contribution in [3.63, 3.8) is 0 Å². The summed E-state index contributed by atoms with van der Waals surface area (Å²) in [6.07, 6.45) is 5.42. The van der Waals surface area contributed by atoms with Crippen LogP contribution in [0.15, 0.2) is 12.2 Å². The molecule has 1 nitrogen and oxygen atoms in total. The van der Waals surface area contributed by atoms with E-state index in [0.717, 1.165) is 6.42 Å². The van der Waals surface area contributed by atoms with Gasteiger partial charge in [0, 0.05) is 0 Å². The Bertz CT molecular complexity index is 212. The maximum atomic E-state index is 10.3. The van der Waals surface area contributed by atoms with E-state index in [-0.39, 0.29) is 11.5 Å². The van der Waals surface area contributed by atoms with Crippen molar-refractivity contribution in [2.24, 2.45) is 23.2 Å². The lowest BCUT2D eigenvalue weighted by Crippen LogP contribution is -2.41. The molecule has 0 saturated heterocycles. The van der Waals surface area contributed by atoms with Gasteiger partial charge in [-0.25, -0.2) is 0 Å². The van der Waals surface area contributed by atoms with Crippen LogP contribution in [0.4, 0.5) is 0 Å². The Hall–Kier alpha value is -0.300. The number of rotatable bonds is 1. The van der Waals surface area contributed by atoms with Crippen molar-refractivity contribution in [1.29, 1.82) is 0 Å². The van der Waals surface area contributed by atoms with Gasteiger partial charge in [-0.1, -0.05) is 46.8 Å². The first kappa shape index (κ1) is 11.8. The van der Waals surface area contributed by atoms with E-state index in [9.17, 15) is 5.11 Å². The molecule has 0 aliphatic heterocycles. The van der Waals surface area contributed by atoms with Gasteiger partial charge in [0.1, 0.15) is 0 Å². The summed E-state index contributed by atoms with van der Waals surface area (Å²) in [6, 6.07) is 0. The summed E-state index contributed by atoms with van der Waals surface area (Å²) in [5.41, 5.74) is -0.00162. The summed E-state index contributed by atoms with van der Waals surface area (Å²) < 4.78 is 0. The van der Waals surface area contributed by atoms with Crippen molar-refractivity contribution in [3.8, 4) is 0 Å². The van der Waals surface area contributed by atoms with Gasteiger partial charge in [0.25, 0.3) is 0 Å². The first-order valence-corrected chi connectivity index (χ1v) is 5.68. The van der Waals surface area contributed by atoms with Crippen LogP contribution in [0.3, 0.4) is 0 Å². The van der Waals surface area contributed by atoms with Gasteiger partial charge in [-0.3, -0.25) is 0 Å². The Morgan fingerprint density at radius 2 is 1.86 bits per heavy atom. The van der Waals surface area contributed by atoms with Gasteiger partial charge in [-0.2, -0.15) is 0 Å². The number of allylic oxidation sites excluding steroid dienone is 2. The molecule has 1 aliphatic rings. The molecule has 0 bridgehead atoms. The first-order valence-electron chi connectivity index (χ1n) is 5.68. The van der Waals surface area contributed by atoms with Crippen molar-refractivity contribution in [1.82, 2.24) is 0 Å². The van der Waals surface area contributed by atoms with Crippen LogP contribution in [0.1, 0.15) is 41.0 Å². The molecule has 1 N–H and O–H groups in total. The predicted molar refractivity (Wildman–Crippen MR) is 61.0 cm³/mol. The molecule has 1 heteroatoms. The van der Waals surface area contributed by atoms with Crippen molar-refractivity contribution in [2.45, 2.75) is 47.1 Å². The second kappa shape index (κ2) is 4.06. The maximum Gasteiger partial charge on any atom is 0.0624 e. The molecule has 1 rings (SSSR count). The van der Waals surface area contributed by atoms with Crippen LogP contribution in [-0.2, 0) is 0 Å². The lowest BCUT2D eigenvalue weighted by Gasteiger charge is -2.40. The molecule has 0 radical (unpaired) electrons. The molecule has 0 spiro atoms. The summed E-state index contributed by atoms with van der Waals surface area (Å²) in [6.45, 7) is 10.8. The molecule has 14 heavy (non-hydrogen) atoms. The highest BCUT2D eigenvalue weighted by Gasteiger charge is 2.37. The fourth-order valence-electron chi connectivity index (χ4n) is 2.49. The number of hydrogen-bond donors (Lipinski definition) is 1. The molecule has 4 unspecified atom stereocenters. The monoisotopic (exact) mass is 196 g/mol. The lowest BCUT2D eigenvalue weighted by atomic mass is 9.68. The van der Waals surface area contributed by atoms with Gasteiger partial charge in [0.05, 0.1) is 6.10 Å². The molecule has 4 atom stereocenters. The lowest BCUT2D eigenvalue weighted by molar-refractivity contribution is -0.0253. The standard InChI is InChI=1S/C13H24O/c1-9-7-6-8-10(2)11(9)12(14)13(3,4)5/h6-7,9-12,14H,8H2,1-5H3. The second-order valence-corrected chi connectivity index (χ2v) is 5.89. The van der Waals surface area contributed by atoms with Crippen molar-refractivity contribution >= 4 is 0 Å². The minimum Gasteiger partial charge on any atom is -0.392 e. The van der Waals surface area contributed by atoms with E-state index < -0.39 is 0 Å². The molecule has 0 fully saturated rings. The van der Waals surface area contributed by atoms with Gasteiger partial charge in [0.15, 0.2) is 0 Å². The average molecular weight is 196 g/mol. The zero-order valence-corrected chi connectivity index (χ0v) is 10.1. The number of aliphatic hydroxyl groups excluding tert-OH is 1. The smallest absolute Gasteiger partial charge is 0.0624 e. The van der Waals surface area contributed by atoms with Crippen LogP contribution in [0.25, 0.3) is 0 Å². The van der Waals surface area contributed by atoms with E-state index in [1.165, 1.54) is 0 Å². The van der Waals surface area contributed by atoms with Gasteiger partial charge >= 0.3 is 0 Å². The van der Waals surface area contributed by atoms with E-state index in [4.69, 9.17) is 0 Å². The molecular weight excluding hydrogens is 172 g/mol. The molecule has 0 amide bonds. The Balaban J connectivity index is 2.80. The molecule has 82 valence electrons. The highest BCUT2D eigenvalue weighted by molar-refractivity contribution is 5.01. The molecule has 0 saturated carbocycles. The molecule has 0 aromatic carbocycles. The Kier molecular flexibility index (Phi) is 3.41. The molecule has 0 aromatic rings. The van der Waals surface area contributed by atoms with Crippen LogP contribution >= 0.6 is 0 Å². The fourth-order valence-corrected chi connectivity index (χ4v) is 2.49. The van der Waals surface area contributed by atoms with E-state index in [1.807, 2.05) is 0 Å². The summed E-state index contributed by atoms with van der Waals surface area (Å²) in [5, 5.41) is 10.3. The second-order valence-electron chi connectivity index (χ2n) is 5.89. The predicted octanol–water partition coefficient (Wildman–Crippen LogP) is 3.24. The SMILES string of the molecule is CC1C=CCC(C)C1C(O)C(C)(C)C. The highest BCUT2D eigenvalue weighted by atomic mass is 16.3. The molecule has 0 aromatic heterocycles. The summed E-state index contributed by atoms with van der Waals surface area (Å²) in [4.78, 5) is 0. The molecule has 0 heterocycles. The quantitative estimate of drug-likeness (QED) is 0.638. The Labute approximate surface area is 88.2 Å². The topological polar surface area (TPSA) is 20.2 Å². The minimum atomic E-state index is -0.197. The van der Waals surface area contributed by atoms with Gasteiger partial charge in [-0.15, -0.1) is 0 Å². The molecule has 1 aliphatic carbocycles. The van der Waals surface area contributed by atoms with Crippen molar-refractivity contribution < 1.29 is 5.11 Å². The van der Waals surface area contributed by atoms with Crippen molar-refractivity contribution in [2.75, 3.05) is 0 Å². The Morgan fingerprint density at radius 3 is 2.29 bits per heavy atom. The van der Waals surface area contributed by atoms with Gasteiger partial charge in [-0.05, 0) is 29.6 Å². The number of aliphatic hydroxyl groups is 1. The minimum absolute atomic E-state index is 0.00162. The van der Waals surface area contributed by atoms with E-state index >= 15 is 0 Å². The van der Waals surface area contributed by atoms with E-state index in [0.29, 0.717) is 17.8 Å². The van der Waals surface area contributed by atoms with Crippen LogP contribution in [0, 0.1) is 23.2 Å². The van der Waals surface area contributed by atoms with Crippen LogP contribution in [0.5, 0.6) is 0 Å². The van der Waals surface area contributed by atoms with Crippen LogP contribution in [0.2, 0.25) is 0 Å². The normalized spacial score (nSPS) is 35.7. The highest BCUT2D eigenvalue weighted by Crippen LogP contribution is 2.38.